The average Bonchev–Trinajstić information content (AvgIpc) is 3.47. The Morgan fingerprint density at radius 3 is 2.82 bits per heavy atom. The van der Waals surface area contributed by atoms with Gasteiger partial charge in [0.25, 0.3) is 5.91 Å². The number of nitrogens with one attached hydrogen (secondary N) is 1. The van der Waals surface area contributed by atoms with Crippen molar-refractivity contribution in [3.05, 3.63) is 65.6 Å². The highest BCUT2D eigenvalue weighted by Crippen LogP contribution is 2.36. The number of thiazole rings is 1. The maximum Gasteiger partial charge on any atom is 0.258 e. The summed E-state index contributed by atoms with van der Waals surface area (Å²) in [5.74, 6) is 0.769. The Morgan fingerprint density at radius 1 is 1.15 bits per heavy atom. The monoisotopic (exact) mass is 473 g/mol. The molecule has 1 atom stereocenters. The topological polar surface area (TPSA) is 117 Å². The molecule has 1 aliphatic rings. The molecule has 10 heteroatoms. The van der Waals surface area contributed by atoms with E-state index in [0.29, 0.717) is 41.7 Å². The first-order valence-electron chi connectivity index (χ1n) is 10.9. The Balaban J connectivity index is 1.40. The van der Waals surface area contributed by atoms with Crippen LogP contribution in [-0.2, 0) is 16.8 Å². The van der Waals surface area contributed by atoms with Crippen molar-refractivity contribution in [1.82, 2.24) is 29.8 Å². The van der Waals surface area contributed by atoms with Crippen molar-refractivity contribution in [2.24, 2.45) is 0 Å². The number of aryl methyl sites for hydroxylation is 1. The Hall–Kier alpha value is -3.76. The summed E-state index contributed by atoms with van der Waals surface area (Å²) in [5.41, 5.74) is 2.24. The summed E-state index contributed by atoms with van der Waals surface area (Å²) in [6.45, 7) is 2.56. The highest BCUT2D eigenvalue weighted by Gasteiger charge is 2.45. The molecule has 1 amide bonds. The molecule has 0 spiro atoms. The Kier molecular flexibility index (Phi) is 5.76. The van der Waals surface area contributed by atoms with Crippen LogP contribution in [0.2, 0.25) is 0 Å². The van der Waals surface area contributed by atoms with Crippen LogP contribution >= 0.6 is 11.3 Å². The van der Waals surface area contributed by atoms with E-state index >= 15 is 0 Å². The minimum absolute atomic E-state index is 0.278. The lowest BCUT2D eigenvalue weighted by Crippen LogP contribution is -2.36. The number of carbonyl (C=O) groups excluding carboxylic acids is 1. The van der Waals surface area contributed by atoms with E-state index in [-0.39, 0.29) is 5.91 Å². The minimum atomic E-state index is -1.49. The number of likely N-dealkylation sites (tertiary alicyclic amines) is 1. The molecule has 9 nitrogen and oxygen atoms in total. The molecule has 1 fully saturated rings. The van der Waals surface area contributed by atoms with Gasteiger partial charge in [-0.1, -0.05) is 25.1 Å². The zero-order valence-corrected chi connectivity index (χ0v) is 19.6. The number of amides is 1. The van der Waals surface area contributed by atoms with E-state index in [1.165, 1.54) is 17.7 Å². The van der Waals surface area contributed by atoms with Crippen LogP contribution in [-0.4, -0.2) is 54.4 Å². The Bertz CT molecular complexity index is 1360. The molecule has 0 saturated carbocycles. The summed E-state index contributed by atoms with van der Waals surface area (Å²) in [4.78, 5) is 36.1. The van der Waals surface area contributed by atoms with Gasteiger partial charge in [0, 0.05) is 48.9 Å². The zero-order chi connectivity index (χ0) is 23.7. The van der Waals surface area contributed by atoms with Gasteiger partial charge in [-0.25, -0.2) is 24.9 Å². The summed E-state index contributed by atoms with van der Waals surface area (Å²) in [7, 11) is 1.70. The van der Waals surface area contributed by atoms with E-state index < -0.39 is 5.60 Å². The first-order chi connectivity index (χ1) is 16.5. The maximum atomic E-state index is 12.5. The van der Waals surface area contributed by atoms with Gasteiger partial charge in [0.05, 0.1) is 5.69 Å². The van der Waals surface area contributed by atoms with E-state index in [1.807, 2.05) is 36.6 Å². The van der Waals surface area contributed by atoms with Gasteiger partial charge in [0.2, 0.25) is 5.95 Å². The number of carbonyl (C=O) groups is 1. The highest BCUT2D eigenvalue weighted by atomic mass is 32.1. The van der Waals surface area contributed by atoms with Crippen LogP contribution in [0.1, 0.15) is 24.6 Å². The zero-order valence-electron chi connectivity index (χ0n) is 18.8. The number of anilines is 2. The third-order valence-corrected chi connectivity index (χ3v) is 6.74. The van der Waals surface area contributed by atoms with E-state index in [2.05, 4.69) is 25.3 Å². The number of hydrogen-bond acceptors (Lipinski definition) is 9. The van der Waals surface area contributed by atoms with Crippen LogP contribution in [0.15, 0.2) is 54.3 Å². The second-order valence-corrected chi connectivity index (χ2v) is 8.95. The van der Waals surface area contributed by atoms with E-state index in [9.17, 15) is 9.90 Å². The van der Waals surface area contributed by atoms with Crippen LogP contribution in [0.5, 0.6) is 0 Å². The largest absolute Gasteiger partial charge is 0.375 e. The van der Waals surface area contributed by atoms with E-state index in [4.69, 9.17) is 4.98 Å². The fraction of sp³-hybridized carbons (Fsp3) is 0.250. The van der Waals surface area contributed by atoms with E-state index in [1.54, 1.807) is 30.3 Å². The summed E-state index contributed by atoms with van der Waals surface area (Å²) in [6, 6.07) is 11.1. The molecule has 1 aliphatic heterocycles. The lowest BCUT2D eigenvalue weighted by atomic mass is 9.91. The van der Waals surface area contributed by atoms with Crippen molar-refractivity contribution >= 4 is 29.0 Å². The van der Waals surface area contributed by atoms with Crippen molar-refractivity contribution in [1.29, 1.82) is 0 Å². The molecule has 1 unspecified atom stereocenters. The normalized spacial score (nSPS) is 17.9. The van der Waals surface area contributed by atoms with Crippen molar-refractivity contribution in [3.63, 3.8) is 0 Å². The average molecular weight is 474 g/mol. The van der Waals surface area contributed by atoms with Crippen LogP contribution in [0.25, 0.3) is 22.0 Å². The van der Waals surface area contributed by atoms with E-state index in [0.717, 1.165) is 22.7 Å². The number of aliphatic hydroxyl groups is 1. The van der Waals surface area contributed by atoms with Gasteiger partial charge >= 0.3 is 0 Å². The smallest absolute Gasteiger partial charge is 0.258 e. The lowest BCUT2D eigenvalue weighted by molar-refractivity contribution is -0.143. The number of rotatable bonds is 6. The van der Waals surface area contributed by atoms with Crippen LogP contribution in [0, 0.1) is 0 Å². The number of benzene rings is 1. The first kappa shape index (κ1) is 22.1. The van der Waals surface area contributed by atoms with Crippen molar-refractivity contribution in [3.8, 4) is 22.0 Å². The number of likely N-dealkylation sites (N-methyl/N-ethyl adjacent to an activating group) is 1. The van der Waals surface area contributed by atoms with Crippen molar-refractivity contribution in [2.75, 3.05) is 18.9 Å². The molecule has 4 aromatic rings. The molecular formula is C24H23N7O2S. The Labute approximate surface area is 200 Å². The summed E-state index contributed by atoms with van der Waals surface area (Å²) in [5, 5.41) is 16.8. The standard InChI is InChI=1S/C24H23N7O2S/c1-3-17-12-20(27-14-26-17)30-23-25-9-7-18(29-23)19-13-34-21(28-19)15-5-4-6-16(11-15)24(33)8-10-31(2)22(24)32/h4-7,9,11-14,33H,3,8,10H2,1-2H3,(H,25,26,27,29,30). The van der Waals surface area contributed by atoms with Crippen LogP contribution in [0.4, 0.5) is 11.8 Å². The second kappa shape index (κ2) is 8.88. The van der Waals surface area contributed by atoms with Crippen LogP contribution < -0.4 is 5.32 Å². The molecule has 0 aliphatic carbocycles. The van der Waals surface area contributed by atoms with Gasteiger partial charge in [-0.3, -0.25) is 4.79 Å². The molecule has 5 rings (SSSR count). The predicted octanol–water partition coefficient (Wildman–Crippen LogP) is 3.41. The highest BCUT2D eigenvalue weighted by molar-refractivity contribution is 7.13. The van der Waals surface area contributed by atoms with Crippen molar-refractivity contribution in [2.45, 2.75) is 25.4 Å². The molecule has 1 saturated heterocycles. The quantitative estimate of drug-likeness (QED) is 0.438. The maximum absolute atomic E-state index is 12.5. The fourth-order valence-corrected chi connectivity index (χ4v) is 4.70. The molecule has 34 heavy (non-hydrogen) atoms. The molecule has 4 heterocycles. The predicted molar refractivity (Wildman–Crippen MR) is 129 cm³/mol. The minimum Gasteiger partial charge on any atom is -0.375 e. The van der Waals surface area contributed by atoms with Gasteiger partial charge < -0.3 is 15.3 Å². The molecule has 3 aromatic heterocycles. The first-order valence-corrected chi connectivity index (χ1v) is 11.8. The molecule has 1 aromatic carbocycles. The number of aromatic nitrogens is 5. The van der Waals surface area contributed by atoms with Gasteiger partial charge in [-0.2, -0.15) is 0 Å². The van der Waals surface area contributed by atoms with Gasteiger partial charge in [-0.05, 0) is 24.1 Å². The summed E-state index contributed by atoms with van der Waals surface area (Å²) in [6.07, 6.45) is 4.37. The fourth-order valence-electron chi connectivity index (χ4n) is 3.89. The van der Waals surface area contributed by atoms with Crippen LogP contribution in [0.3, 0.4) is 0 Å². The number of nitrogens with zero attached hydrogens (tertiary/aromatic N) is 6. The number of hydrogen-bond donors (Lipinski definition) is 2. The lowest BCUT2D eigenvalue weighted by Gasteiger charge is -2.21. The molecule has 0 radical (unpaired) electrons. The van der Waals surface area contributed by atoms with Gasteiger partial charge in [0.1, 0.15) is 22.8 Å². The Morgan fingerprint density at radius 2 is 2.03 bits per heavy atom. The van der Waals surface area contributed by atoms with Gasteiger partial charge in [0.15, 0.2) is 5.60 Å². The molecule has 2 N–H and O–H groups in total. The van der Waals surface area contributed by atoms with Crippen molar-refractivity contribution < 1.29 is 9.90 Å². The molecule has 172 valence electrons. The molecular weight excluding hydrogens is 450 g/mol. The third-order valence-electron chi connectivity index (χ3n) is 5.84. The SMILES string of the molecule is CCc1cc(Nc2nccc(-c3csc(-c4cccc(C5(O)CCN(C)C5=O)c4)n3)n2)ncn1. The summed E-state index contributed by atoms with van der Waals surface area (Å²) < 4.78 is 0. The third kappa shape index (κ3) is 4.13. The van der Waals surface area contributed by atoms with Gasteiger partial charge in [-0.15, -0.1) is 11.3 Å². The molecule has 0 bridgehead atoms. The second-order valence-electron chi connectivity index (χ2n) is 8.09. The summed E-state index contributed by atoms with van der Waals surface area (Å²) >= 11 is 1.47.